The summed E-state index contributed by atoms with van der Waals surface area (Å²) in [4.78, 5) is 26.6. The Kier molecular flexibility index (Phi) is 5.29. The number of nitrogens with zero attached hydrogens (tertiary/aromatic N) is 1. The van der Waals surface area contributed by atoms with Crippen molar-refractivity contribution in [2.24, 2.45) is 5.73 Å². The number of urea groups is 1. The molecule has 0 atom stereocenters. The second kappa shape index (κ2) is 7.19. The van der Waals surface area contributed by atoms with Crippen molar-refractivity contribution in [3.05, 3.63) is 45.7 Å². The van der Waals surface area contributed by atoms with Crippen LogP contribution in [0.2, 0.25) is 4.34 Å². The van der Waals surface area contributed by atoms with Crippen molar-refractivity contribution in [3.8, 4) is 0 Å². The maximum absolute atomic E-state index is 13.0. The summed E-state index contributed by atoms with van der Waals surface area (Å²) in [6.07, 6.45) is -0.0953. The largest absolute Gasteiger partial charge is 0.369 e. The first-order valence-corrected chi connectivity index (χ1v) is 7.36. The standard InChI is InChI=1S/C13H12ClFN4O2S/c14-11-9(5-10(16)20)18-13(22-11)19-12(21)17-6-7-2-1-3-8(15)4-7/h1-4H,5-6H2,(H2,16,20)(H2,17,18,19,21). The fourth-order valence-corrected chi connectivity index (χ4v) is 2.66. The SMILES string of the molecule is NC(=O)Cc1nc(NC(=O)NCc2cccc(F)c2)sc1Cl. The van der Waals surface area contributed by atoms with E-state index in [9.17, 15) is 14.0 Å². The van der Waals surface area contributed by atoms with Gasteiger partial charge in [0.05, 0.1) is 12.1 Å². The fraction of sp³-hybridized carbons (Fsp3) is 0.154. The molecule has 6 nitrogen and oxygen atoms in total. The molecule has 0 aliphatic rings. The summed E-state index contributed by atoms with van der Waals surface area (Å²) in [5.74, 6) is -0.934. The van der Waals surface area contributed by atoms with E-state index in [1.165, 1.54) is 12.1 Å². The highest BCUT2D eigenvalue weighted by Gasteiger charge is 2.13. The van der Waals surface area contributed by atoms with E-state index in [-0.39, 0.29) is 23.9 Å². The monoisotopic (exact) mass is 342 g/mol. The first-order chi connectivity index (χ1) is 10.4. The van der Waals surface area contributed by atoms with Crippen LogP contribution in [0.1, 0.15) is 11.3 Å². The molecule has 0 aliphatic heterocycles. The minimum atomic E-state index is -0.561. The topological polar surface area (TPSA) is 97.1 Å². The highest BCUT2D eigenvalue weighted by Crippen LogP contribution is 2.28. The van der Waals surface area contributed by atoms with E-state index in [0.717, 1.165) is 11.3 Å². The zero-order chi connectivity index (χ0) is 16.1. The molecule has 22 heavy (non-hydrogen) atoms. The van der Waals surface area contributed by atoms with Crippen molar-refractivity contribution >= 4 is 40.0 Å². The average Bonchev–Trinajstić information content (AvgIpc) is 2.76. The summed E-state index contributed by atoms with van der Waals surface area (Å²) >= 11 is 6.92. The van der Waals surface area contributed by atoms with Crippen LogP contribution >= 0.6 is 22.9 Å². The number of nitrogens with one attached hydrogen (secondary N) is 2. The summed E-state index contributed by atoms with van der Waals surface area (Å²) < 4.78 is 13.3. The number of benzene rings is 1. The molecule has 0 unspecified atom stereocenters. The van der Waals surface area contributed by atoms with Gasteiger partial charge in [0.15, 0.2) is 5.13 Å². The second-order valence-electron chi connectivity index (χ2n) is 4.32. The zero-order valence-corrected chi connectivity index (χ0v) is 12.8. The molecule has 0 aliphatic carbocycles. The molecule has 3 amide bonds. The number of anilines is 1. The Bertz CT molecular complexity index is 707. The molecule has 4 N–H and O–H groups in total. The van der Waals surface area contributed by atoms with Gasteiger partial charge in [0.2, 0.25) is 5.91 Å². The van der Waals surface area contributed by atoms with Crippen LogP contribution in [-0.4, -0.2) is 16.9 Å². The van der Waals surface area contributed by atoms with Crippen LogP contribution < -0.4 is 16.4 Å². The number of carbonyl (C=O) groups is 2. The van der Waals surface area contributed by atoms with Crippen molar-refractivity contribution in [3.63, 3.8) is 0 Å². The molecule has 1 aromatic heterocycles. The van der Waals surface area contributed by atoms with Crippen molar-refractivity contribution in [2.75, 3.05) is 5.32 Å². The van der Waals surface area contributed by atoms with E-state index >= 15 is 0 Å². The number of nitrogens with two attached hydrogens (primary N) is 1. The quantitative estimate of drug-likeness (QED) is 0.777. The molecule has 9 heteroatoms. The first-order valence-electron chi connectivity index (χ1n) is 6.17. The Morgan fingerprint density at radius 2 is 2.18 bits per heavy atom. The van der Waals surface area contributed by atoms with Crippen molar-refractivity contribution < 1.29 is 14.0 Å². The second-order valence-corrected chi connectivity index (χ2v) is 5.92. The van der Waals surface area contributed by atoms with Crippen LogP contribution in [0.25, 0.3) is 0 Å². The molecule has 0 saturated carbocycles. The average molecular weight is 343 g/mol. The smallest absolute Gasteiger partial charge is 0.321 e. The van der Waals surface area contributed by atoms with E-state index in [2.05, 4.69) is 15.6 Å². The number of halogens is 2. The molecule has 0 fully saturated rings. The first kappa shape index (κ1) is 16.2. The van der Waals surface area contributed by atoms with E-state index < -0.39 is 11.9 Å². The Balaban J connectivity index is 1.90. The molecular formula is C13H12ClFN4O2S. The van der Waals surface area contributed by atoms with Gasteiger partial charge in [-0.05, 0) is 17.7 Å². The van der Waals surface area contributed by atoms with Crippen LogP contribution in [-0.2, 0) is 17.8 Å². The van der Waals surface area contributed by atoms with Crippen molar-refractivity contribution in [1.29, 1.82) is 0 Å². The zero-order valence-electron chi connectivity index (χ0n) is 11.2. The lowest BCUT2D eigenvalue weighted by atomic mass is 10.2. The number of hydrogen-bond acceptors (Lipinski definition) is 4. The van der Waals surface area contributed by atoms with Gasteiger partial charge in [-0.15, -0.1) is 0 Å². The highest BCUT2D eigenvalue weighted by molar-refractivity contribution is 7.19. The van der Waals surface area contributed by atoms with E-state index in [0.29, 0.717) is 15.6 Å². The molecule has 2 rings (SSSR count). The molecule has 2 aromatic rings. The Morgan fingerprint density at radius 3 is 2.86 bits per heavy atom. The van der Waals surface area contributed by atoms with Gasteiger partial charge in [0.1, 0.15) is 10.2 Å². The Hall–Kier alpha value is -2.19. The lowest BCUT2D eigenvalue weighted by molar-refractivity contribution is -0.117. The van der Waals surface area contributed by atoms with Gasteiger partial charge >= 0.3 is 6.03 Å². The summed E-state index contributed by atoms with van der Waals surface area (Å²) in [6.45, 7) is 0.164. The number of rotatable bonds is 5. The van der Waals surface area contributed by atoms with Crippen molar-refractivity contribution in [1.82, 2.24) is 10.3 Å². The summed E-state index contributed by atoms with van der Waals surface area (Å²) in [7, 11) is 0. The summed E-state index contributed by atoms with van der Waals surface area (Å²) in [5.41, 5.74) is 6.01. The summed E-state index contributed by atoms with van der Waals surface area (Å²) in [5, 5.41) is 5.30. The fourth-order valence-electron chi connectivity index (χ4n) is 1.63. The predicted octanol–water partition coefficient (Wildman–Crippen LogP) is 2.29. The Morgan fingerprint density at radius 1 is 1.41 bits per heavy atom. The van der Waals surface area contributed by atoms with Crippen LogP contribution in [0.3, 0.4) is 0 Å². The summed E-state index contributed by atoms with van der Waals surface area (Å²) in [6, 6.07) is 5.38. The molecule has 1 heterocycles. The van der Waals surface area contributed by atoms with E-state index in [1.807, 2.05) is 0 Å². The number of primary amides is 1. The maximum Gasteiger partial charge on any atom is 0.321 e. The van der Waals surface area contributed by atoms with Gasteiger partial charge in [0, 0.05) is 6.54 Å². The number of thiazole rings is 1. The van der Waals surface area contributed by atoms with Crippen molar-refractivity contribution in [2.45, 2.75) is 13.0 Å². The van der Waals surface area contributed by atoms with Gasteiger partial charge in [-0.3, -0.25) is 10.1 Å². The lowest BCUT2D eigenvalue weighted by Gasteiger charge is -2.05. The van der Waals surface area contributed by atoms with E-state index in [4.69, 9.17) is 17.3 Å². The number of aromatic nitrogens is 1. The maximum atomic E-state index is 13.0. The van der Waals surface area contributed by atoms with Crippen LogP contribution in [0, 0.1) is 5.82 Å². The normalized spacial score (nSPS) is 10.3. The molecule has 0 bridgehead atoms. The third-order valence-corrected chi connectivity index (χ3v) is 3.81. The molecule has 116 valence electrons. The van der Waals surface area contributed by atoms with E-state index in [1.54, 1.807) is 12.1 Å². The molecule has 0 saturated heterocycles. The van der Waals surface area contributed by atoms with Crippen LogP contribution in [0.15, 0.2) is 24.3 Å². The lowest BCUT2D eigenvalue weighted by Crippen LogP contribution is -2.28. The van der Waals surface area contributed by atoms with Crippen LogP contribution in [0.4, 0.5) is 14.3 Å². The predicted molar refractivity (Wildman–Crippen MR) is 82.3 cm³/mol. The Labute approximate surface area is 134 Å². The number of amides is 3. The van der Waals surface area contributed by atoms with Gasteiger partial charge in [-0.2, -0.15) is 0 Å². The third-order valence-electron chi connectivity index (χ3n) is 2.55. The molecule has 0 radical (unpaired) electrons. The third kappa shape index (κ3) is 4.68. The number of carbonyl (C=O) groups excluding carboxylic acids is 2. The highest BCUT2D eigenvalue weighted by atomic mass is 35.5. The minimum Gasteiger partial charge on any atom is -0.369 e. The minimum absolute atomic E-state index is 0.0953. The molecule has 0 spiro atoms. The van der Waals surface area contributed by atoms with Crippen LogP contribution in [0.5, 0.6) is 0 Å². The molecular weight excluding hydrogens is 331 g/mol. The van der Waals surface area contributed by atoms with Gasteiger partial charge in [-0.25, -0.2) is 14.2 Å². The van der Waals surface area contributed by atoms with Gasteiger partial charge < -0.3 is 11.1 Å². The molecule has 1 aromatic carbocycles. The number of hydrogen-bond donors (Lipinski definition) is 3. The van der Waals surface area contributed by atoms with Gasteiger partial charge in [-0.1, -0.05) is 35.1 Å². The van der Waals surface area contributed by atoms with Gasteiger partial charge in [0.25, 0.3) is 0 Å².